The molecule has 1 aromatic carbocycles. The quantitative estimate of drug-likeness (QED) is 0.661. The minimum Gasteiger partial charge on any atom is -0.380 e. The molecule has 7 nitrogen and oxygen atoms in total. The summed E-state index contributed by atoms with van der Waals surface area (Å²) in [4.78, 5) is 14.4. The number of hydrogen-bond donors (Lipinski definition) is 2. The van der Waals surface area contributed by atoms with Crippen molar-refractivity contribution in [3.05, 3.63) is 29.8 Å². The van der Waals surface area contributed by atoms with Crippen LogP contribution in [0.3, 0.4) is 0 Å². The Morgan fingerprint density at radius 3 is 2.63 bits per heavy atom. The molecule has 27 heavy (non-hydrogen) atoms. The smallest absolute Gasteiger partial charge is 0.240 e. The average molecular weight is 420 g/mol. The molecule has 1 aliphatic heterocycles. The maximum Gasteiger partial charge on any atom is 0.240 e. The van der Waals surface area contributed by atoms with Gasteiger partial charge in [-0.2, -0.15) is 0 Å². The van der Waals surface area contributed by atoms with E-state index in [2.05, 4.69) is 4.72 Å². The Morgan fingerprint density at radius 1 is 1.37 bits per heavy atom. The van der Waals surface area contributed by atoms with Gasteiger partial charge in [0.15, 0.2) is 0 Å². The maximum atomic E-state index is 12.4. The van der Waals surface area contributed by atoms with Crippen molar-refractivity contribution >= 4 is 28.3 Å². The number of nitrogens with one attached hydrogen (secondary N) is 1. The summed E-state index contributed by atoms with van der Waals surface area (Å²) < 4.78 is 32.7. The third-order valence-electron chi connectivity index (χ3n) is 4.76. The highest BCUT2D eigenvalue weighted by atomic mass is 35.5. The molecule has 2 unspecified atom stereocenters. The second-order valence-corrected chi connectivity index (χ2v) is 8.58. The number of carbonyl (C=O) groups is 1. The number of rotatable bonds is 8. The molecule has 0 radical (unpaired) electrons. The van der Waals surface area contributed by atoms with E-state index in [-0.39, 0.29) is 41.7 Å². The number of amides is 1. The molecule has 0 saturated carbocycles. The Balaban J connectivity index is 0.00000364. The van der Waals surface area contributed by atoms with E-state index in [1.54, 1.807) is 36.3 Å². The van der Waals surface area contributed by atoms with Gasteiger partial charge in [-0.3, -0.25) is 4.79 Å². The van der Waals surface area contributed by atoms with Crippen LogP contribution in [0.4, 0.5) is 0 Å². The van der Waals surface area contributed by atoms with Crippen molar-refractivity contribution in [1.82, 2.24) is 9.62 Å². The van der Waals surface area contributed by atoms with E-state index in [9.17, 15) is 13.2 Å². The van der Waals surface area contributed by atoms with Crippen molar-refractivity contribution in [2.75, 3.05) is 33.3 Å². The number of nitrogens with two attached hydrogens (primary N) is 1. The summed E-state index contributed by atoms with van der Waals surface area (Å²) in [6.45, 7) is 3.79. The normalized spacial score (nSPS) is 18.6. The minimum absolute atomic E-state index is 0. The predicted molar refractivity (Wildman–Crippen MR) is 107 cm³/mol. The van der Waals surface area contributed by atoms with E-state index >= 15 is 0 Å². The molecule has 0 aromatic heterocycles. The summed E-state index contributed by atoms with van der Waals surface area (Å²) in [5.74, 6) is 0.111. The fourth-order valence-electron chi connectivity index (χ4n) is 3.07. The number of nitrogens with zero attached hydrogens (tertiary/aromatic N) is 1. The summed E-state index contributed by atoms with van der Waals surface area (Å²) in [6, 6.07) is 6.76. The molecule has 1 heterocycles. The molecular weight excluding hydrogens is 390 g/mol. The Morgan fingerprint density at radius 2 is 2.04 bits per heavy atom. The lowest BCUT2D eigenvalue weighted by Gasteiger charge is -2.33. The largest absolute Gasteiger partial charge is 0.380 e. The molecule has 1 aromatic rings. The van der Waals surface area contributed by atoms with Crippen molar-refractivity contribution in [1.29, 1.82) is 0 Å². The van der Waals surface area contributed by atoms with Crippen LogP contribution in [-0.2, 0) is 19.6 Å². The van der Waals surface area contributed by atoms with Crippen LogP contribution in [-0.4, -0.2) is 58.6 Å². The van der Waals surface area contributed by atoms with Crippen molar-refractivity contribution in [3.63, 3.8) is 0 Å². The molecule has 1 fully saturated rings. The second-order valence-electron chi connectivity index (χ2n) is 6.81. The lowest BCUT2D eigenvalue weighted by molar-refractivity contribution is -0.135. The summed E-state index contributed by atoms with van der Waals surface area (Å²) in [5, 5.41) is 0. The van der Waals surface area contributed by atoms with Gasteiger partial charge in [0.05, 0.1) is 17.4 Å². The van der Waals surface area contributed by atoms with Crippen LogP contribution in [0.1, 0.15) is 24.8 Å². The Bertz CT molecular complexity index is 693. The molecular formula is C18H30ClN3O4S. The van der Waals surface area contributed by atoms with Crippen molar-refractivity contribution in [3.8, 4) is 0 Å². The number of ether oxygens (including phenoxy) is 1. The van der Waals surface area contributed by atoms with Crippen LogP contribution >= 0.6 is 12.4 Å². The fraction of sp³-hybridized carbons (Fsp3) is 0.611. The number of methoxy groups -OCH3 is 1. The zero-order valence-electron chi connectivity index (χ0n) is 15.9. The van der Waals surface area contributed by atoms with Gasteiger partial charge >= 0.3 is 0 Å². The topological polar surface area (TPSA) is 102 Å². The third-order valence-corrected chi connectivity index (χ3v) is 6.20. The number of hydrogen-bond acceptors (Lipinski definition) is 5. The van der Waals surface area contributed by atoms with Crippen LogP contribution in [0.2, 0.25) is 0 Å². The van der Waals surface area contributed by atoms with E-state index in [0.29, 0.717) is 26.2 Å². The lowest BCUT2D eigenvalue weighted by Crippen LogP contribution is -2.45. The third kappa shape index (κ3) is 7.04. The molecule has 154 valence electrons. The number of carbonyl (C=O) groups excluding carboxylic acids is 1. The average Bonchev–Trinajstić information content (AvgIpc) is 2.65. The highest BCUT2D eigenvalue weighted by molar-refractivity contribution is 7.89. The number of aryl methyl sites for hydroxylation is 1. The number of benzene rings is 1. The number of sulfonamides is 1. The van der Waals surface area contributed by atoms with Gasteiger partial charge in [0.25, 0.3) is 0 Å². The Kier molecular flexibility index (Phi) is 9.69. The summed E-state index contributed by atoms with van der Waals surface area (Å²) in [6.07, 6.45) is 1.74. The van der Waals surface area contributed by atoms with Crippen molar-refractivity contribution in [2.24, 2.45) is 11.7 Å². The monoisotopic (exact) mass is 419 g/mol. The first-order valence-corrected chi connectivity index (χ1v) is 10.4. The summed E-state index contributed by atoms with van der Waals surface area (Å²) in [5.41, 5.74) is 6.59. The maximum absolute atomic E-state index is 12.4. The van der Waals surface area contributed by atoms with Gasteiger partial charge in [-0.1, -0.05) is 17.7 Å². The van der Waals surface area contributed by atoms with Gasteiger partial charge in [0.2, 0.25) is 15.9 Å². The molecule has 0 bridgehead atoms. The van der Waals surface area contributed by atoms with Crippen LogP contribution in [0, 0.1) is 12.8 Å². The van der Waals surface area contributed by atoms with E-state index in [1.807, 2.05) is 6.92 Å². The number of halogens is 1. The van der Waals surface area contributed by atoms with E-state index in [4.69, 9.17) is 10.5 Å². The lowest BCUT2D eigenvalue weighted by atomic mass is 9.98. The van der Waals surface area contributed by atoms with Gasteiger partial charge in [-0.25, -0.2) is 13.1 Å². The summed E-state index contributed by atoms with van der Waals surface area (Å²) in [7, 11) is -1.99. The Labute approximate surface area is 168 Å². The second kappa shape index (κ2) is 11.0. The molecule has 1 amide bonds. The Hall–Kier alpha value is -1.19. The molecule has 2 rings (SSSR count). The fourth-order valence-corrected chi connectivity index (χ4v) is 4.19. The highest BCUT2D eigenvalue weighted by Crippen LogP contribution is 2.18. The zero-order chi connectivity index (χ0) is 19.2. The molecule has 0 spiro atoms. The van der Waals surface area contributed by atoms with Gasteiger partial charge in [-0.05, 0) is 37.8 Å². The first kappa shape index (κ1) is 23.8. The van der Waals surface area contributed by atoms with Gasteiger partial charge in [-0.15, -0.1) is 12.4 Å². The molecule has 1 aliphatic rings. The van der Waals surface area contributed by atoms with Crippen LogP contribution in [0.15, 0.2) is 29.2 Å². The molecule has 9 heteroatoms. The molecule has 2 atom stereocenters. The van der Waals surface area contributed by atoms with Crippen LogP contribution in [0.25, 0.3) is 0 Å². The van der Waals surface area contributed by atoms with E-state index < -0.39 is 10.0 Å². The molecule has 1 saturated heterocycles. The first-order valence-electron chi connectivity index (χ1n) is 8.92. The molecule has 3 N–H and O–H groups in total. The number of piperidine rings is 1. The first-order chi connectivity index (χ1) is 12.4. The number of likely N-dealkylation sites (tertiary alicyclic amines) is 1. The van der Waals surface area contributed by atoms with Crippen molar-refractivity contribution in [2.45, 2.75) is 37.2 Å². The molecule has 0 aliphatic carbocycles. The van der Waals surface area contributed by atoms with Gasteiger partial charge < -0.3 is 15.4 Å². The highest BCUT2D eigenvalue weighted by Gasteiger charge is 2.26. The van der Waals surface area contributed by atoms with Crippen LogP contribution < -0.4 is 10.5 Å². The minimum atomic E-state index is -3.53. The zero-order valence-corrected chi connectivity index (χ0v) is 17.5. The van der Waals surface area contributed by atoms with E-state index in [1.165, 1.54) is 0 Å². The van der Waals surface area contributed by atoms with Gasteiger partial charge in [0.1, 0.15) is 0 Å². The predicted octanol–water partition coefficient (Wildman–Crippen LogP) is 1.30. The van der Waals surface area contributed by atoms with Gasteiger partial charge in [0, 0.05) is 33.3 Å². The SMILES string of the molecule is COC(CN)CC(=O)N1CCCC(CNS(=O)(=O)c2ccc(C)cc2)C1.Cl. The summed E-state index contributed by atoms with van der Waals surface area (Å²) >= 11 is 0. The van der Waals surface area contributed by atoms with E-state index in [0.717, 1.165) is 18.4 Å². The standard InChI is InChI=1S/C18H29N3O4S.ClH/c1-14-5-7-17(8-6-14)26(23,24)20-12-15-4-3-9-21(13-15)18(22)10-16(11-19)25-2;/h5-8,15-16,20H,3-4,9-13,19H2,1-2H3;1H. The van der Waals surface area contributed by atoms with Crippen LogP contribution in [0.5, 0.6) is 0 Å². The van der Waals surface area contributed by atoms with Crippen molar-refractivity contribution < 1.29 is 17.9 Å².